The molecule has 4 heteroatoms. The molecule has 0 atom stereocenters. The molecule has 0 radical (unpaired) electrons. The number of carbonyl (C=O) groups excluding carboxylic acids is 1. The normalized spacial score (nSPS) is 10.5. The summed E-state index contributed by atoms with van der Waals surface area (Å²) in [6, 6.07) is 1.72. The van der Waals surface area contributed by atoms with Crippen molar-refractivity contribution in [2.24, 2.45) is 0 Å². The first-order valence-corrected chi connectivity index (χ1v) is 7.02. The Hall–Kier alpha value is -0.770. The first kappa shape index (κ1) is 14.3. The van der Waals surface area contributed by atoms with Gasteiger partial charge in [0.25, 0.3) is 5.91 Å². The van der Waals surface area contributed by atoms with Gasteiger partial charge < -0.3 is 9.32 Å². The summed E-state index contributed by atoms with van der Waals surface area (Å²) < 4.78 is 5.64. The molecule has 1 aromatic heterocycles. The lowest BCUT2D eigenvalue weighted by Crippen LogP contribution is -2.32. The number of rotatable bonds is 7. The van der Waals surface area contributed by atoms with Crippen LogP contribution in [0.3, 0.4) is 0 Å². The fraction of sp³-hybridized carbons (Fsp3) is 0.615. The molecule has 0 unspecified atom stereocenters. The fourth-order valence-electron chi connectivity index (χ4n) is 1.63. The number of amides is 1. The van der Waals surface area contributed by atoms with Crippen LogP contribution in [0.2, 0.25) is 0 Å². The van der Waals surface area contributed by atoms with Gasteiger partial charge in [0.1, 0.15) is 0 Å². The van der Waals surface area contributed by atoms with E-state index in [-0.39, 0.29) is 5.91 Å². The molecular weight excluding hydrogens is 282 g/mol. The Bertz CT molecular complexity index is 341. The van der Waals surface area contributed by atoms with Crippen LogP contribution in [-0.4, -0.2) is 23.9 Å². The maximum absolute atomic E-state index is 12.3. The zero-order chi connectivity index (χ0) is 12.7. The first-order chi connectivity index (χ1) is 8.20. The first-order valence-electron chi connectivity index (χ1n) is 6.23. The van der Waals surface area contributed by atoms with E-state index in [1.807, 2.05) is 4.90 Å². The molecule has 0 saturated heterocycles. The lowest BCUT2D eigenvalue weighted by molar-refractivity contribution is 0.0749. The molecule has 0 fully saturated rings. The second-order valence-electron chi connectivity index (χ2n) is 4.11. The van der Waals surface area contributed by atoms with Gasteiger partial charge >= 0.3 is 0 Å². The fourth-order valence-corrected chi connectivity index (χ4v) is 2.04. The smallest absolute Gasteiger partial charge is 0.258 e. The van der Waals surface area contributed by atoms with E-state index in [9.17, 15) is 4.79 Å². The number of hydrogen-bond donors (Lipinski definition) is 0. The van der Waals surface area contributed by atoms with Gasteiger partial charge in [-0.25, -0.2) is 0 Å². The van der Waals surface area contributed by atoms with Gasteiger partial charge in [-0.2, -0.15) is 0 Å². The molecule has 0 bridgehead atoms. The summed E-state index contributed by atoms with van der Waals surface area (Å²) in [5.41, 5.74) is 0.622. The molecule has 1 heterocycles. The van der Waals surface area contributed by atoms with E-state index in [1.54, 1.807) is 6.07 Å². The summed E-state index contributed by atoms with van der Waals surface area (Å²) in [7, 11) is 0. The second-order valence-corrected chi connectivity index (χ2v) is 4.83. The van der Waals surface area contributed by atoms with Crippen LogP contribution in [0.1, 0.15) is 49.9 Å². The molecule has 1 amide bonds. The zero-order valence-corrected chi connectivity index (χ0v) is 12.1. The summed E-state index contributed by atoms with van der Waals surface area (Å²) >= 11 is 3.26. The monoisotopic (exact) mass is 301 g/mol. The van der Waals surface area contributed by atoms with Crippen LogP contribution in [0.4, 0.5) is 0 Å². The Balaban J connectivity index is 2.68. The number of unbranched alkanes of at least 4 members (excludes halogenated alkanes) is 2. The molecule has 0 saturated carbocycles. The predicted molar refractivity (Wildman–Crippen MR) is 72.1 cm³/mol. The van der Waals surface area contributed by atoms with Crippen LogP contribution >= 0.6 is 15.9 Å². The van der Waals surface area contributed by atoms with Crippen LogP contribution in [-0.2, 0) is 0 Å². The summed E-state index contributed by atoms with van der Waals surface area (Å²) in [5.74, 6) is 0.0625. The van der Waals surface area contributed by atoms with Gasteiger partial charge in [-0.15, -0.1) is 0 Å². The van der Waals surface area contributed by atoms with E-state index in [0.717, 1.165) is 38.8 Å². The van der Waals surface area contributed by atoms with E-state index in [1.165, 1.54) is 6.26 Å². The van der Waals surface area contributed by atoms with Crippen molar-refractivity contribution >= 4 is 21.8 Å². The standard InChI is InChI=1S/C13H20BrNO2/c1-3-5-8-15(9-6-4-2)13(16)11-7-10-17-12(11)14/h7,10H,3-6,8-9H2,1-2H3. The van der Waals surface area contributed by atoms with Crippen molar-refractivity contribution in [2.45, 2.75) is 39.5 Å². The second kappa shape index (κ2) is 7.54. The maximum Gasteiger partial charge on any atom is 0.258 e. The molecule has 0 aliphatic heterocycles. The molecule has 1 rings (SSSR count). The number of furan rings is 1. The van der Waals surface area contributed by atoms with Crippen molar-refractivity contribution in [1.82, 2.24) is 4.90 Å². The third kappa shape index (κ3) is 4.19. The molecular formula is C13H20BrNO2. The highest BCUT2D eigenvalue weighted by Gasteiger charge is 2.19. The molecule has 0 aliphatic rings. The van der Waals surface area contributed by atoms with Crippen LogP contribution in [0, 0.1) is 0 Å². The zero-order valence-electron chi connectivity index (χ0n) is 10.5. The molecule has 3 nitrogen and oxygen atoms in total. The van der Waals surface area contributed by atoms with Gasteiger partial charge in [-0.1, -0.05) is 26.7 Å². The molecule has 17 heavy (non-hydrogen) atoms. The van der Waals surface area contributed by atoms with E-state index >= 15 is 0 Å². The Morgan fingerprint density at radius 3 is 2.29 bits per heavy atom. The van der Waals surface area contributed by atoms with Crippen LogP contribution in [0.5, 0.6) is 0 Å². The van der Waals surface area contributed by atoms with Crippen molar-refractivity contribution in [3.05, 3.63) is 22.6 Å². The van der Waals surface area contributed by atoms with Crippen molar-refractivity contribution < 1.29 is 9.21 Å². The summed E-state index contributed by atoms with van der Waals surface area (Å²) in [6.45, 7) is 5.92. The molecule has 0 aromatic carbocycles. The molecule has 0 spiro atoms. The van der Waals surface area contributed by atoms with Crippen LogP contribution in [0.25, 0.3) is 0 Å². The summed E-state index contributed by atoms with van der Waals surface area (Å²) in [4.78, 5) is 14.2. The van der Waals surface area contributed by atoms with Crippen molar-refractivity contribution in [1.29, 1.82) is 0 Å². The summed E-state index contributed by atoms with van der Waals surface area (Å²) in [5, 5.41) is 0. The molecule has 0 aliphatic carbocycles. The van der Waals surface area contributed by atoms with Crippen LogP contribution < -0.4 is 0 Å². The van der Waals surface area contributed by atoms with Crippen molar-refractivity contribution in [2.75, 3.05) is 13.1 Å². The number of nitrogens with zero attached hydrogens (tertiary/aromatic N) is 1. The Kier molecular flexibility index (Phi) is 6.34. The van der Waals surface area contributed by atoms with Crippen molar-refractivity contribution in [3.8, 4) is 0 Å². The van der Waals surface area contributed by atoms with Gasteiger partial charge in [0.05, 0.1) is 11.8 Å². The molecule has 1 aromatic rings. The topological polar surface area (TPSA) is 33.5 Å². The number of halogens is 1. The maximum atomic E-state index is 12.3. The van der Waals surface area contributed by atoms with Gasteiger partial charge in [0, 0.05) is 13.1 Å². The minimum atomic E-state index is 0.0625. The summed E-state index contributed by atoms with van der Waals surface area (Å²) in [6.07, 6.45) is 5.83. The Morgan fingerprint density at radius 1 is 1.29 bits per heavy atom. The average molecular weight is 302 g/mol. The minimum Gasteiger partial charge on any atom is -0.457 e. The van der Waals surface area contributed by atoms with Crippen LogP contribution in [0.15, 0.2) is 21.4 Å². The third-order valence-electron chi connectivity index (χ3n) is 2.70. The average Bonchev–Trinajstić information content (AvgIpc) is 2.75. The lowest BCUT2D eigenvalue weighted by Gasteiger charge is -2.21. The van der Waals surface area contributed by atoms with Gasteiger partial charge in [-0.05, 0) is 34.8 Å². The highest BCUT2D eigenvalue weighted by atomic mass is 79.9. The highest BCUT2D eigenvalue weighted by molar-refractivity contribution is 9.10. The van der Waals surface area contributed by atoms with Gasteiger partial charge in [-0.3, -0.25) is 4.79 Å². The lowest BCUT2D eigenvalue weighted by atomic mass is 10.2. The predicted octanol–water partition coefficient (Wildman–Crippen LogP) is 4.08. The quantitative estimate of drug-likeness (QED) is 0.760. The van der Waals surface area contributed by atoms with Gasteiger partial charge in [0.15, 0.2) is 4.67 Å². The van der Waals surface area contributed by atoms with E-state index in [2.05, 4.69) is 29.8 Å². The largest absolute Gasteiger partial charge is 0.457 e. The number of hydrogen-bond acceptors (Lipinski definition) is 2. The van der Waals surface area contributed by atoms with E-state index < -0.39 is 0 Å². The SMILES string of the molecule is CCCCN(CCCC)C(=O)c1ccoc1Br. The molecule has 0 N–H and O–H groups in total. The Morgan fingerprint density at radius 2 is 1.88 bits per heavy atom. The van der Waals surface area contributed by atoms with Crippen molar-refractivity contribution in [3.63, 3.8) is 0 Å². The third-order valence-corrected chi connectivity index (χ3v) is 3.31. The Labute approximate surface area is 111 Å². The highest BCUT2D eigenvalue weighted by Crippen LogP contribution is 2.19. The van der Waals surface area contributed by atoms with Gasteiger partial charge in [0.2, 0.25) is 0 Å². The number of carbonyl (C=O) groups is 1. The van der Waals surface area contributed by atoms with E-state index in [0.29, 0.717) is 10.2 Å². The minimum absolute atomic E-state index is 0.0625. The molecule has 96 valence electrons. The van der Waals surface area contributed by atoms with E-state index in [4.69, 9.17) is 4.42 Å².